The maximum atomic E-state index is 10.3. The van der Waals surface area contributed by atoms with E-state index in [9.17, 15) is 5.11 Å². The summed E-state index contributed by atoms with van der Waals surface area (Å²) < 4.78 is 0. The SMILES string of the molecule is CC(CN)NCC1(O)CCC(C)(C)CC1. The van der Waals surface area contributed by atoms with Crippen molar-refractivity contribution in [1.82, 2.24) is 5.32 Å². The lowest BCUT2D eigenvalue weighted by atomic mass is 9.71. The van der Waals surface area contributed by atoms with Gasteiger partial charge in [0.25, 0.3) is 0 Å². The van der Waals surface area contributed by atoms with Crippen LogP contribution in [0.4, 0.5) is 0 Å². The van der Waals surface area contributed by atoms with E-state index in [0.717, 1.165) is 25.7 Å². The van der Waals surface area contributed by atoms with Crippen molar-refractivity contribution in [3.05, 3.63) is 0 Å². The van der Waals surface area contributed by atoms with Crippen LogP contribution < -0.4 is 11.1 Å². The van der Waals surface area contributed by atoms with Gasteiger partial charge in [-0.25, -0.2) is 0 Å². The van der Waals surface area contributed by atoms with Gasteiger partial charge in [0.15, 0.2) is 0 Å². The Hall–Kier alpha value is -0.120. The highest BCUT2D eigenvalue weighted by Gasteiger charge is 2.36. The smallest absolute Gasteiger partial charge is 0.0772 e. The minimum Gasteiger partial charge on any atom is -0.389 e. The van der Waals surface area contributed by atoms with Crippen molar-refractivity contribution in [1.29, 1.82) is 0 Å². The van der Waals surface area contributed by atoms with Crippen molar-refractivity contribution < 1.29 is 5.11 Å². The Kier molecular flexibility index (Phi) is 4.15. The first-order valence-electron chi connectivity index (χ1n) is 6.03. The van der Waals surface area contributed by atoms with Crippen LogP contribution in [0.1, 0.15) is 46.5 Å². The molecule has 0 spiro atoms. The predicted molar refractivity (Wildman–Crippen MR) is 63.7 cm³/mol. The number of rotatable bonds is 4. The van der Waals surface area contributed by atoms with E-state index in [-0.39, 0.29) is 0 Å². The highest BCUT2D eigenvalue weighted by molar-refractivity contribution is 4.91. The minimum atomic E-state index is -0.501. The Labute approximate surface area is 93.4 Å². The number of hydrogen-bond donors (Lipinski definition) is 3. The van der Waals surface area contributed by atoms with Gasteiger partial charge in [-0.2, -0.15) is 0 Å². The lowest BCUT2D eigenvalue weighted by Gasteiger charge is -2.40. The predicted octanol–water partition coefficient (Wildman–Crippen LogP) is 1.25. The van der Waals surface area contributed by atoms with Crippen LogP contribution in [0, 0.1) is 5.41 Å². The topological polar surface area (TPSA) is 58.3 Å². The second kappa shape index (κ2) is 4.81. The van der Waals surface area contributed by atoms with Crippen molar-refractivity contribution in [2.45, 2.75) is 58.1 Å². The van der Waals surface area contributed by atoms with Crippen LogP contribution >= 0.6 is 0 Å². The first-order chi connectivity index (χ1) is 6.87. The summed E-state index contributed by atoms with van der Waals surface area (Å²) in [7, 11) is 0. The Morgan fingerprint density at radius 3 is 2.27 bits per heavy atom. The molecule has 90 valence electrons. The molecule has 0 bridgehead atoms. The van der Waals surface area contributed by atoms with Crippen LogP contribution in [-0.2, 0) is 0 Å². The molecule has 1 aliphatic carbocycles. The summed E-state index contributed by atoms with van der Waals surface area (Å²) >= 11 is 0. The van der Waals surface area contributed by atoms with Gasteiger partial charge in [-0.15, -0.1) is 0 Å². The van der Waals surface area contributed by atoms with Crippen molar-refractivity contribution in [2.75, 3.05) is 13.1 Å². The van der Waals surface area contributed by atoms with E-state index < -0.39 is 5.60 Å². The monoisotopic (exact) mass is 214 g/mol. The molecule has 0 aromatic carbocycles. The third kappa shape index (κ3) is 4.09. The van der Waals surface area contributed by atoms with Gasteiger partial charge in [-0.3, -0.25) is 0 Å². The largest absolute Gasteiger partial charge is 0.389 e. The zero-order valence-electron chi connectivity index (χ0n) is 10.3. The maximum Gasteiger partial charge on any atom is 0.0772 e. The molecule has 4 N–H and O–H groups in total. The van der Waals surface area contributed by atoms with Crippen molar-refractivity contribution >= 4 is 0 Å². The molecule has 0 radical (unpaired) electrons. The number of nitrogens with two attached hydrogens (primary N) is 1. The molecule has 0 amide bonds. The van der Waals surface area contributed by atoms with E-state index in [2.05, 4.69) is 26.1 Å². The molecule has 3 nitrogen and oxygen atoms in total. The van der Waals surface area contributed by atoms with Crippen molar-refractivity contribution in [3.8, 4) is 0 Å². The molecule has 1 rings (SSSR count). The summed E-state index contributed by atoms with van der Waals surface area (Å²) in [5.41, 5.74) is 5.44. The summed E-state index contributed by atoms with van der Waals surface area (Å²) in [4.78, 5) is 0. The van der Waals surface area contributed by atoms with Crippen LogP contribution in [-0.4, -0.2) is 29.8 Å². The fourth-order valence-corrected chi connectivity index (χ4v) is 2.02. The van der Waals surface area contributed by atoms with Gasteiger partial charge in [0.1, 0.15) is 0 Å². The molecule has 1 saturated carbocycles. The van der Waals surface area contributed by atoms with Crippen molar-refractivity contribution in [2.24, 2.45) is 11.1 Å². The molecule has 1 unspecified atom stereocenters. The first kappa shape index (κ1) is 12.9. The lowest BCUT2D eigenvalue weighted by molar-refractivity contribution is -0.0256. The Morgan fingerprint density at radius 1 is 1.27 bits per heavy atom. The average molecular weight is 214 g/mol. The number of hydrogen-bond acceptors (Lipinski definition) is 3. The summed E-state index contributed by atoms with van der Waals surface area (Å²) in [6.07, 6.45) is 4.04. The van der Waals surface area contributed by atoms with Crippen LogP contribution in [0.3, 0.4) is 0 Å². The molecule has 0 aromatic heterocycles. The summed E-state index contributed by atoms with van der Waals surface area (Å²) in [6, 6.07) is 0.295. The zero-order valence-corrected chi connectivity index (χ0v) is 10.3. The van der Waals surface area contributed by atoms with Crippen LogP contribution in [0.15, 0.2) is 0 Å². The van der Waals surface area contributed by atoms with Crippen LogP contribution in [0.5, 0.6) is 0 Å². The fourth-order valence-electron chi connectivity index (χ4n) is 2.02. The first-order valence-corrected chi connectivity index (χ1v) is 6.03. The summed E-state index contributed by atoms with van der Waals surface area (Å²) in [6.45, 7) is 7.92. The zero-order chi connectivity index (χ0) is 11.5. The standard InChI is InChI=1S/C12H26N2O/c1-10(8-13)14-9-12(15)6-4-11(2,3)5-7-12/h10,14-15H,4-9,13H2,1-3H3. The molecule has 1 aliphatic rings. The van der Waals surface area contributed by atoms with Gasteiger partial charge in [-0.1, -0.05) is 13.8 Å². The molecule has 1 atom stereocenters. The third-order valence-electron chi connectivity index (χ3n) is 3.67. The van der Waals surface area contributed by atoms with Gasteiger partial charge < -0.3 is 16.2 Å². The molecule has 0 aliphatic heterocycles. The Morgan fingerprint density at radius 2 is 1.80 bits per heavy atom. The molecule has 1 fully saturated rings. The maximum absolute atomic E-state index is 10.3. The van der Waals surface area contributed by atoms with Gasteiger partial charge in [0.2, 0.25) is 0 Å². The van der Waals surface area contributed by atoms with Crippen molar-refractivity contribution in [3.63, 3.8) is 0 Å². The van der Waals surface area contributed by atoms with Crippen LogP contribution in [0.2, 0.25) is 0 Å². The van der Waals surface area contributed by atoms with E-state index >= 15 is 0 Å². The quantitative estimate of drug-likeness (QED) is 0.660. The van der Waals surface area contributed by atoms with Crippen LogP contribution in [0.25, 0.3) is 0 Å². The molecule has 15 heavy (non-hydrogen) atoms. The average Bonchev–Trinajstić information content (AvgIpc) is 2.20. The number of aliphatic hydroxyl groups is 1. The lowest BCUT2D eigenvalue weighted by Crippen LogP contribution is -2.48. The van der Waals surface area contributed by atoms with E-state index in [1.54, 1.807) is 0 Å². The van der Waals surface area contributed by atoms with E-state index in [1.165, 1.54) is 0 Å². The second-order valence-electron chi connectivity index (χ2n) is 5.91. The molecule has 0 aromatic rings. The number of nitrogens with one attached hydrogen (secondary N) is 1. The second-order valence-corrected chi connectivity index (χ2v) is 5.91. The van der Waals surface area contributed by atoms with Gasteiger partial charge in [-0.05, 0) is 38.0 Å². The normalized spacial score (nSPS) is 26.2. The summed E-state index contributed by atoms with van der Waals surface area (Å²) in [5, 5.41) is 13.6. The minimum absolute atomic E-state index is 0.295. The summed E-state index contributed by atoms with van der Waals surface area (Å²) in [5.74, 6) is 0. The molecular formula is C12H26N2O. The molecule has 3 heteroatoms. The molecule has 0 heterocycles. The third-order valence-corrected chi connectivity index (χ3v) is 3.67. The Balaban J connectivity index is 2.35. The fraction of sp³-hybridized carbons (Fsp3) is 1.00. The van der Waals surface area contributed by atoms with E-state index in [0.29, 0.717) is 24.5 Å². The highest BCUT2D eigenvalue weighted by Crippen LogP contribution is 2.39. The van der Waals surface area contributed by atoms with E-state index in [4.69, 9.17) is 5.73 Å². The highest BCUT2D eigenvalue weighted by atomic mass is 16.3. The van der Waals surface area contributed by atoms with Gasteiger partial charge in [0, 0.05) is 19.1 Å². The molecular weight excluding hydrogens is 188 g/mol. The Bertz CT molecular complexity index is 194. The van der Waals surface area contributed by atoms with Gasteiger partial charge in [0.05, 0.1) is 5.60 Å². The van der Waals surface area contributed by atoms with Gasteiger partial charge >= 0.3 is 0 Å². The molecule has 0 saturated heterocycles. The van der Waals surface area contributed by atoms with E-state index in [1.807, 2.05) is 0 Å².